The highest BCUT2D eigenvalue weighted by Crippen LogP contribution is 2.67. The molecular formula is C36H55FN2O3. The first kappa shape index (κ1) is 34.2. The summed E-state index contributed by atoms with van der Waals surface area (Å²) in [6, 6.07) is 2.16. The van der Waals surface area contributed by atoms with E-state index in [1.54, 1.807) is 13.0 Å². The van der Waals surface area contributed by atoms with Crippen LogP contribution in [0.4, 0.5) is 4.39 Å². The SMILES string of the molecule is CC(=O)/C=C1/[C@@]2(C)C=C(C#N)C(=O)C(C)(C)[C@@H]2CC[C@@]1(C)C(C)(C)CC[C@@]1(CC(=O)NCCF)CCC(C)(C)CC1C. The quantitative estimate of drug-likeness (QED) is 0.278. The Hall–Kier alpha value is -2.29. The third-order valence-electron chi connectivity index (χ3n) is 12.3. The van der Waals surface area contributed by atoms with Gasteiger partial charge in [0.2, 0.25) is 5.91 Å². The fraction of sp³-hybridized carbons (Fsp3) is 0.778. The third kappa shape index (κ3) is 6.04. The van der Waals surface area contributed by atoms with Crippen LogP contribution in [0, 0.1) is 55.7 Å². The predicted octanol–water partition coefficient (Wildman–Crippen LogP) is 8.10. The van der Waals surface area contributed by atoms with Gasteiger partial charge in [-0.3, -0.25) is 14.4 Å². The van der Waals surface area contributed by atoms with Gasteiger partial charge in [0.15, 0.2) is 11.6 Å². The maximum absolute atomic E-state index is 13.3. The van der Waals surface area contributed by atoms with Crippen LogP contribution in [0.25, 0.3) is 0 Å². The Labute approximate surface area is 254 Å². The van der Waals surface area contributed by atoms with E-state index in [4.69, 9.17) is 0 Å². The number of fused-ring (bicyclic) bond motifs is 1. The average Bonchev–Trinajstić information content (AvgIpc) is 2.88. The van der Waals surface area contributed by atoms with Gasteiger partial charge in [-0.15, -0.1) is 0 Å². The van der Waals surface area contributed by atoms with E-state index in [0.29, 0.717) is 12.3 Å². The van der Waals surface area contributed by atoms with E-state index in [1.165, 1.54) is 0 Å². The van der Waals surface area contributed by atoms with Crippen molar-refractivity contribution in [2.75, 3.05) is 13.2 Å². The molecule has 1 N–H and O–H groups in total. The Morgan fingerprint density at radius 1 is 1.14 bits per heavy atom. The van der Waals surface area contributed by atoms with E-state index in [9.17, 15) is 24.0 Å². The van der Waals surface area contributed by atoms with Crippen LogP contribution in [-0.4, -0.2) is 30.7 Å². The molecule has 2 fully saturated rings. The van der Waals surface area contributed by atoms with Gasteiger partial charge in [-0.05, 0) is 91.4 Å². The minimum atomic E-state index is -0.711. The summed E-state index contributed by atoms with van der Waals surface area (Å²) >= 11 is 0. The summed E-state index contributed by atoms with van der Waals surface area (Å²) in [5.74, 6) is 0.110. The van der Waals surface area contributed by atoms with E-state index in [2.05, 4.69) is 59.9 Å². The van der Waals surface area contributed by atoms with Crippen LogP contribution in [0.5, 0.6) is 0 Å². The van der Waals surface area contributed by atoms with Gasteiger partial charge in [0.1, 0.15) is 12.7 Å². The first-order valence-corrected chi connectivity index (χ1v) is 15.9. The monoisotopic (exact) mass is 582 g/mol. The standard InChI is InChI=1S/C36H55FN2O3/c1-24-20-31(3,4)13-15-36(24,22-29(41)39-18-17-37)16-14-32(5,6)35(10)12-11-27-33(7,8)30(42)26(23-38)21-34(27,9)28(35)19-25(2)40/h19,21,24,27H,11-18,20,22H2,1-10H3,(H,39,41)/b28-19-/t24?,27-,34-,35+,36+/m0/s1. The van der Waals surface area contributed by atoms with Gasteiger partial charge in [0.05, 0.1) is 5.57 Å². The summed E-state index contributed by atoms with van der Waals surface area (Å²) in [6.07, 6.45) is 10.5. The van der Waals surface area contributed by atoms with Crippen LogP contribution in [-0.2, 0) is 14.4 Å². The van der Waals surface area contributed by atoms with Crippen molar-refractivity contribution in [3.8, 4) is 6.07 Å². The van der Waals surface area contributed by atoms with Crippen LogP contribution in [0.2, 0.25) is 0 Å². The van der Waals surface area contributed by atoms with Crippen LogP contribution in [0.15, 0.2) is 23.3 Å². The molecule has 0 radical (unpaired) electrons. The minimum Gasteiger partial charge on any atom is -0.353 e. The first-order valence-electron chi connectivity index (χ1n) is 15.9. The van der Waals surface area contributed by atoms with Crippen LogP contribution in [0.1, 0.15) is 121 Å². The zero-order valence-electron chi connectivity index (χ0n) is 27.9. The highest BCUT2D eigenvalue weighted by Gasteiger charge is 2.61. The zero-order valence-corrected chi connectivity index (χ0v) is 27.9. The second-order valence-corrected chi connectivity index (χ2v) is 16.3. The summed E-state index contributed by atoms with van der Waals surface area (Å²) in [6.45, 7) is 20.8. The topological polar surface area (TPSA) is 87.0 Å². The van der Waals surface area contributed by atoms with Crippen molar-refractivity contribution in [2.24, 2.45) is 44.3 Å². The van der Waals surface area contributed by atoms with Crippen LogP contribution >= 0.6 is 0 Å². The van der Waals surface area contributed by atoms with Gasteiger partial charge in [0, 0.05) is 23.8 Å². The maximum Gasteiger partial charge on any atom is 0.220 e. The molecular weight excluding hydrogens is 527 g/mol. The molecule has 3 aliphatic rings. The number of halogens is 1. The lowest BCUT2D eigenvalue weighted by Crippen LogP contribution is -2.56. The molecule has 42 heavy (non-hydrogen) atoms. The summed E-state index contributed by atoms with van der Waals surface area (Å²) < 4.78 is 12.9. The van der Waals surface area contributed by atoms with Gasteiger partial charge in [-0.1, -0.05) is 74.0 Å². The number of nitriles is 1. The largest absolute Gasteiger partial charge is 0.353 e. The van der Waals surface area contributed by atoms with E-state index in [1.807, 2.05) is 19.9 Å². The maximum atomic E-state index is 13.3. The van der Waals surface area contributed by atoms with Crippen molar-refractivity contribution < 1.29 is 18.8 Å². The molecule has 0 aromatic heterocycles. The lowest BCUT2D eigenvalue weighted by molar-refractivity contribution is -0.132. The Balaban J connectivity index is 2.04. The lowest BCUT2D eigenvalue weighted by Gasteiger charge is -2.61. The molecule has 0 spiro atoms. The number of nitrogens with zero attached hydrogens (tertiary/aromatic N) is 1. The molecule has 5 atom stereocenters. The molecule has 0 aromatic carbocycles. The number of nitrogens with one attached hydrogen (secondary N) is 1. The molecule has 1 amide bonds. The molecule has 1 unspecified atom stereocenters. The van der Waals surface area contributed by atoms with E-state index >= 15 is 0 Å². The van der Waals surface area contributed by atoms with Crippen LogP contribution < -0.4 is 5.32 Å². The molecule has 0 saturated heterocycles. The normalized spacial score (nSPS) is 35.1. The second kappa shape index (κ2) is 11.7. The highest BCUT2D eigenvalue weighted by molar-refractivity contribution is 6.04. The van der Waals surface area contributed by atoms with E-state index < -0.39 is 17.5 Å². The minimum absolute atomic E-state index is 0.0183. The summed E-state index contributed by atoms with van der Waals surface area (Å²) in [4.78, 5) is 39.1. The first-order chi connectivity index (χ1) is 19.2. The zero-order chi connectivity index (χ0) is 31.9. The van der Waals surface area contributed by atoms with Crippen molar-refractivity contribution in [2.45, 2.75) is 121 Å². The number of allylic oxidation sites excluding steroid dienone is 4. The van der Waals surface area contributed by atoms with E-state index in [0.717, 1.165) is 50.5 Å². The second-order valence-electron chi connectivity index (χ2n) is 16.3. The van der Waals surface area contributed by atoms with Crippen molar-refractivity contribution in [1.82, 2.24) is 5.32 Å². The van der Waals surface area contributed by atoms with Crippen molar-refractivity contribution in [3.05, 3.63) is 23.3 Å². The van der Waals surface area contributed by atoms with Gasteiger partial charge >= 0.3 is 0 Å². The number of carbonyl (C=O) groups is 3. The Morgan fingerprint density at radius 2 is 1.79 bits per heavy atom. The molecule has 6 heteroatoms. The number of hydrogen-bond donors (Lipinski definition) is 1. The third-order valence-corrected chi connectivity index (χ3v) is 12.3. The average molecular weight is 583 g/mol. The fourth-order valence-corrected chi connectivity index (χ4v) is 9.22. The van der Waals surface area contributed by atoms with Crippen molar-refractivity contribution in [1.29, 1.82) is 5.26 Å². The van der Waals surface area contributed by atoms with Gasteiger partial charge in [-0.2, -0.15) is 5.26 Å². The number of Topliss-reactive ketones (excluding diaryl/α,β-unsaturated/α-hetero) is 1. The van der Waals surface area contributed by atoms with Crippen LogP contribution in [0.3, 0.4) is 0 Å². The van der Waals surface area contributed by atoms with E-state index in [-0.39, 0.29) is 57.2 Å². The lowest BCUT2D eigenvalue weighted by atomic mass is 9.42. The molecule has 0 aliphatic heterocycles. The highest BCUT2D eigenvalue weighted by atomic mass is 19.1. The number of hydrogen-bond acceptors (Lipinski definition) is 4. The molecule has 0 heterocycles. The summed E-state index contributed by atoms with van der Waals surface area (Å²) in [7, 11) is 0. The Morgan fingerprint density at radius 3 is 2.33 bits per heavy atom. The molecule has 5 nitrogen and oxygen atoms in total. The molecule has 0 bridgehead atoms. The molecule has 3 rings (SSSR count). The number of rotatable bonds is 9. The molecule has 0 aromatic rings. The van der Waals surface area contributed by atoms with Crippen molar-refractivity contribution in [3.63, 3.8) is 0 Å². The summed E-state index contributed by atoms with van der Waals surface area (Å²) in [5, 5.41) is 12.7. The van der Waals surface area contributed by atoms with Gasteiger partial charge < -0.3 is 5.32 Å². The Kier molecular flexibility index (Phi) is 9.50. The number of carbonyl (C=O) groups excluding carboxylic acids is 3. The van der Waals surface area contributed by atoms with Gasteiger partial charge in [0.25, 0.3) is 0 Å². The van der Waals surface area contributed by atoms with Gasteiger partial charge in [-0.25, -0.2) is 4.39 Å². The predicted molar refractivity (Wildman–Crippen MR) is 166 cm³/mol. The fourth-order valence-electron chi connectivity index (χ4n) is 9.22. The molecule has 234 valence electrons. The number of alkyl halides is 1. The Bertz CT molecular complexity index is 1200. The smallest absolute Gasteiger partial charge is 0.220 e. The number of amides is 1. The molecule has 3 aliphatic carbocycles. The molecule has 2 saturated carbocycles. The summed E-state index contributed by atoms with van der Waals surface area (Å²) in [5.41, 5.74) is -0.683. The number of ketones is 2. The van der Waals surface area contributed by atoms with Crippen molar-refractivity contribution >= 4 is 17.5 Å².